The molecule has 1 heterocycles. The van der Waals surface area contributed by atoms with E-state index in [0.717, 1.165) is 22.0 Å². The number of methoxy groups -OCH3 is 1. The van der Waals surface area contributed by atoms with Gasteiger partial charge in [0, 0.05) is 23.7 Å². The molecule has 0 aliphatic rings. The number of H-pyrrole nitrogens is 1. The molecule has 0 atom stereocenters. The van der Waals surface area contributed by atoms with Crippen molar-refractivity contribution >= 4 is 22.3 Å². The average Bonchev–Trinajstić information content (AvgIpc) is 2.99. The van der Waals surface area contributed by atoms with Crippen molar-refractivity contribution in [2.75, 3.05) is 24.7 Å². The Bertz CT molecular complexity index is 929. The van der Waals surface area contributed by atoms with E-state index in [1.807, 2.05) is 24.4 Å². The molecule has 26 heavy (non-hydrogen) atoms. The zero-order valence-corrected chi connectivity index (χ0v) is 15.2. The third kappa shape index (κ3) is 3.32. The maximum Gasteiger partial charge on any atom is 0.190 e. The van der Waals surface area contributed by atoms with Gasteiger partial charge in [-0.2, -0.15) is 0 Å². The summed E-state index contributed by atoms with van der Waals surface area (Å²) in [5.74, 6) is -0.437. The number of nitrogens with two attached hydrogens (primary N) is 1. The Morgan fingerprint density at radius 2 is 2.04 bits per heavy atom. The number of nitrogen functional groups attached to an aromatic ring is 1. The van der Waals surface area contributed by atoms with Gasteiger partial charge < -0.3 is 25.9 Å². The van der Waals surface area contributed by atoms with Crippen molar-refractivity contribution in [2.24, 2.45) is 0 Å². The summed E-state index contributed by atoms with van der Waals surface area (Å²) < 4.78 is 19.3. The minimum atomic E-state index is -0.927. The van der Waals surface area contributed by atoms with E-state index in [1.165, 1.54) is 7.11 Å². The van der Waals surface area contributed by atoms with Gasteiger partial charge in [-0.25, -0.2) is 4.39 Å². The molecule has 2 aromatic carbocycles. The molecule has 0 aliphatic carbocycles. The van der Waals surface area contributed by atoms with E-state index in [1.54, 1.807) is 26.0 Å². The van der Waals surface area contributed by atoms with Crippen molar-refractivity contribution in [3.8, 4) is 5.75 Å². The molecule has 0 aliphatic heterocycles. The second-order valence-corrected chi connectivity index (χ2v) is 6.83. The van der Waals surface area contributed by atoms with Crippen LogP contribution >= 0.6 is 0 Å². The molecule has 0 fully saturated rings. The zero-order valence-electron chi connectivity index (χ0n) is 15.2. The van der Waals surface area contributed by atoms with Crippen LogP contribution in [0, 0.1) is 5.82 Å². The number of hydrogen-bond acceptors (Lipinski definition) is 4. The number of ether oxygens (including phenoxy) is 1. The molecule has 3 aromatic rings. The second kappa shape index (κ2) is 6.88. The van der Waals surface area contributed by atoms with E-state index in [4.69, 9.17) is 10.5 Å². The fraction of sp³-hybridized carbons (Fsp3) is 0.300. The fourth-order valence-corrected chi connectivity index (χ4v) is 3.18. The summed E-state index contributed by atoms with van der Waals surface area (Å²) in [4.78, 5) is 3.25. The Balaban J connectivity index is 1.78. The number of rotatable bonds is 6. The normalized spacial score (nSPS) is 11.7. The molecule has 0 saturated heterocycles. The summed E-state index contributed by atoms with van der Waals surface area (Å²) in [5.41, 5.74) is 8.27. The third-order valence-corrected chi connectivity index (χ3v) is 4.50. The number of aromatic nitrogens is 1. The molecular weight excluding hydrogens is 333 g/mol. The molecule has 0 saturated carbocycles. The number of aromatic amines is 1. The molecule has 5 nitrogen and oxygen atoms in total. The van der Waals surface area contributed by atoms with Crippen LogP contribution in [0.4, 0.5) is 15.8 Å². The maximum absolute atomic E-state index is 14.3. The topological polar surface area (TPSA) is 83.3 Å². The Labute approximate surface area is 152 Å². The Morgan fingerprint density at radius 1 is 1.27 bits per heavy atom. The molecule has 6 heteroatoms. The van der Waals surface area contributed by atoms with E-state index < -0.39 is 11.4 Å². The maximum atomic E-state index is 14.3. The number of nitrogens with one attached hydrogen (secondary N) is 2. The second-order valence-electron chi connectivity index (χ2n) is 6.83. The van der Waals surface area contributed by atoms with Crippen LogP contribution in [0.2, 0.25) is 0 Å². The van der Waals surface area contributed by atoms with Gasteiger partial charge in [0.15, 0.2) is 11.6 Å². The minimum Gasteiger partial charge on any atom is -0.492 e. The molecule has 0 amide bonds. The number of aliphatic hydroxyl groups is 1. The highest BCUT2D eigenvalue weighted by atomic mass is 19.1. The molecule has 0 spiro atoms. The monoisotopic (exact) mass is 357 g/mol. The van der Waals surface area contributed by atoms with Gasteiger partial charge in [-0.1, -0.05) is 18.2 Å². The summed E-state index contributed by atoms with van der Waals surface area (Å²) in [6.45, 7) is 4.08. The minimum absolute atomic E-state index is 0.0527. The number of halogens is 1. The van der Waals surface area contributed by atoms with Gasteiger partial charge in [0.1, 0.15) is 0 Å². The van der Waals surface area contributed by atoms with Gasteiger partial charge >= 0.3 is 0 Å². The largest absolute Gasteiger partial charge is 0.492 e. The van der Waals surface area contributed by atoms with Crippen LogP contribution in [0.15, 0.2) is 36.5 Å². The van der Waals surface area contributed by atoms with E-state index in [2.05, 4.69) is 10.3 Å². The predicted molar refractivity (Wildman–Crippen MR) is 103 cm³/mol. The number of anilines is 2. The third-order valence-electron chi connectivity index (χ3n) is 4.50. The van der Waals surface area contributed by atoms with E-state index in [9.17, 15) is 9.50 Å². The zero-order chi connectivity index (χ0) is 18.9. The number of para-hydroxylation sites is 1. The van der Waals surface area contributed by atoms with Crippen molar-refractivity contribution < 1.29 is 14.2 Å². The first-order chi connectivity index (χ1) is 12.3. The Hall–Kier alpha value is -2.73. The van der Waals surface area contributed by atoms with Crippen molar-refractivity contribution in [1.82, 2.24) is 4.98 Å². The summed E-state index contributed by atoms with van der Waals surface area (Å²) in [6, 6.07) is 9.09. The fourth-order valence-electron chi connectivity index (χ4n) is 3.18. The lowest BCUT2D eigenvalue weighted by molar-refractivity contribution is 0.0800. The number of hydrogen-bond donors (Lipinski definition) is 4. The predicted octanol–water partition coefficient (Wildman–Crippen LogP) is 3.78. The first kappa shape index (κ1) is 18.1. The standard InChI is InChI=1S/C20H24FN3O2/c1-20(2,25)14-6-4-5-13-12(11-24-18(13)14)9-10-23-16-8-7-15(22)19(26-3)17(16)21/h4-8,11,23-25H,9-10,22H2,1-3H3. The molecular formula is C20H24FN3O2. The van der Waals surface area contributed by atoms with Crippen molar-refractivity contribution in [1.29, 1.82) is 0 Å². The van der Waals surface area contributed by atoms with Gasteiger partial charge in [-0.15, -0.1) is 0 Å². The highest BCUT2D eigenvalue weighted by Crippen LogP contribution is 2.31. The molecule has 3 rings (SSSR count). The first-order valence-electron chi connectivity index (χ1n) is 8.50. The van der Waals surface area contributed by atoms with Crippen molar-refractivity contribution in [2.45, 2.75) is 25.9 Å². The van der Waals surface area contributed by atoms with Gasteiger partial charge in [0.05, 0.1) is 29.6 Å². The van der Waals surface area contributed by atoms with Crippen LogP contribution in [0.1, 0.15) is 25.0 Å². The number of benzene rings is 2. The highest BCUT2D eigenvalue weighted by molar-refractivity contribution is 5.86. The molecule has 138 valence electrons. The smallest absolute Gasteiger partial charge is 0.190 e. The Morgan fingerprint density at radius 3 is 2.73 bits per heavy atom. The van der Waals surface area contributed by atoms with E-state index >= 15 is 0 Å². The lowest BCUT2D eigenvalue weighted by atomic mass is 9.95. The number of fused-ring (bicyclic) bond motifs is 1. The summed E-state index contributed by atoms with van der Waals surface area (Å²) in [7, 11) is 1.39. The van der Waals surface area contributed by atoms with Gasteiger partial charge in [-0.3, -0.25) is 0 Å². The molecule has 0 bridgehead atoms. The van der Waals surface area contributed by atoms with Crippen molar-refractivity contribution in [3.05, 3.63) is 53.5 Å². The van der Waals surface area contributed by atoms with Crippen LogP contribution in [-0.4, -0.2) is 23.7 Å². The quantitative estimate of drug-likeness (QED) is 0.506. The lowest BCUT2D eigenvalue weighted by Gasteiger charge is -2.18. The van der Waals surface area contributed by atoms with E-state index in [-0.39, 0.29) is 11.4 Å². The highest BCUT2D eigenvalue weighted by Gasteiger charge is 2.20. The van der Waals surface area contributed by atoms with Gasteiger partial charge in [-0.05, 0) is 38.0 Å². The van der Waals surface area contributed by atoms with Crippen LogP contribution in [0.25, 0.3) is 10.9 Å². The first-order valence-corrected chi connectivity index (χ1v) is 8.50. The average molecular weight is 357 g/mol. The molecule has 1 aromatic heterocycles. The van der Waals surface area contributed by atoms with Gasteiger partial charge in [0.2, 0.25) is 0 Å². The van der Waals surface area contributed by atoms with Crippen molar-refractivity contribution in [3.63, 3.8) is 0 Å². The molecule has 0 radical (unpaired) electrons. The molecule has 5 N–H and O–H groups in total. The summed E-state index contributed by atoms with van der Waals surface area (Å²) in [5, 5.41) is 14.5. The Kier molecular flexibility index (Phi) is 4.78. The van der Waals surface area contributed by atoms with Crippen LogP contribution in [0.5, 0.6) is 5.75 Å². The van der Waals surface area contributed by atoms with Gasteiger partial charge in [0.25, 0.3) is 0 Å². The summed E-state index contributed by atoms with van der Waals surface area (Å²) in [6.07, 6.45) is 2.63. The molecule has 0 unspecified atom stereocenters. The van der Waals surface area contributed by atoms with Crippen LogP contribution in [0.3, 0.4) is 0 Å². The van der Waals surface area contributed by atoms with Crippen LogP contribution in [-0.2, 0) is 12.0 Å². The lowest BCUT2D eigenvalue weighted by Crippen LogP contribution is -2.15. The van der Waals surface area contributed by atoms with E-state index in [0.29, 0.717) is 18.7 Å². The van der Waals surface area contributed by atoms with Crippen LogP contribution < -0.4 is 15.8 Å². The summed E-state index contributed by atoms with van der Waals surface area (Å²) >= 11 is 0. The SMILES string of the molecule is COc1c(N)ccc(NCCc2c[nH]c3c(C(C)(C)O)cccc23)c1F.